The molecule has 0 heterocycles. The van der Waals surface area contributed by atoms with Crippen LogP contribution in [0, 0.1) is 12.7 Å². The summed E-state index contributed by atoms with van der Waals surface area (Å²) in [7, 11) is 0. The first-order valence-corrected chi connectivity index (χ1v) is 7.33. The lowest BCUT2D eigenvalue weighted by atomic mass is 9.89. The number of benzene rings is 2. The van der Waals surface area contributed by atoms with E-state index in [0.29, 0.717) is 6.61 Å². The molecule has 3 heteroatoms. The molecule has 0 spiro atoms. The predicted octanol–water partition coefficient (Wildman–Crippen LogP) is 4.08. The Labute approximate surface area is 124 Å². The number of rotatable bonds is 3. The maximum atomic E-state index is 13.1. The Bertz CT molecular complexity index is 652. The van der Waals surface area contributed by atoms with Crippen LogP contribution in [0.25, 0.3) is 0 Å². The van der Waals surface area contributed by atoms with Crippen molar-refractivity contribution in [3.63, 3.8) is 0 Å². The molecule has 0 aliphatic heterocycles. The van der Waals surface area contributed by atoms with Gasteiger partial charge >= 0.3 is 0 Å². The number of aliphatic hydroxyl groups is 1. The number of hydrogen-bond donors (Lipinski definition) is 1. The molecule has 1 aliphatic carbocycles. The molecule has 0 radical (unpaired) electrons. The van der Waals surface area contributed by atoms with Crippen molar-refractivity contribution >= 4 is 0 Å². The lowest BCUT2D eigenvalue weighted by Gasteiger charge is -2.23. The van der Waals surface area contributed by atoms with Crippen LogP contribution in [0.2, 0.25) is 0 Å². The van der Waals surface area contributed by atoms with Gasteiger partial charge in [-0.05, 0) is 66.6 Å². The monoisotopic (exact) mass is 286 g/mol. The first-order chi connectivity index (χ1) is 10.1. The Morgan fingerprint density at radius 1 is 1.29 bits per heavy atom. The Balaban J connectivity index is 1.81. The van der Waals surface area contributed by atoms with Crippen LogP contribution in [-0.2, 0) is 13.0 Å². The second-order valence-electron chi connectivity index (χ2n) is 5.59. The van der Waals surface area contributed by atoms with Crippen molar-refractivity contribution in [2.24, 2.45) is 0 Å². The third-order valence-electron chi connectivity index (χ3n) is 4.12. The van der Waals surface area contributed by atoms with Gasteiger partial charge in [0, 0.05) is 0 Å². The summed E-state index contributed by atoms with van der Waals surface area (Å²) in [5, 5.41) is 10.0. The van der Waals surface area contributed by atoms with Gasteiger partial charge in [0.1, 0.15) is 18.2 Å². The molecule has 2 aromatic rings. The van der Waals surface area contributed by atoms with Crippen molar-refractivity contribution in [2.75, 3.05) is 0 Å². The molecule has 1 unspecified atom stereocenters. The molecule has 3 rings (SSSR count). The average molecular weight is 286 g/mol. The smallest absolute Gasteiger partial charge is 0.123 e. The topological polar surface area (TPSA) is 29.5 Å². The summed E-state index contributed by atoms with van der Waals surface area (Å²) in [5.41, 5.74) is 3.95. The summed E-state index contributed by atoms with van der Waals surface area (Å²) < 4.78 is 19.0. The summed E-state index contributed by atoms with van der Waals surface area (Å²) in [6, 6.07) is 10.6. The third-order valence-corrected chi connectivity index (χ3v) is 4.12. The molecule has 21 heavy (non-hydrogen) atoms. The van der Waals surface area contributed by atoms with E-state index in [2.05, 4.69) is 0 Å². The van der Waals surface area contributed by atoms with Gasteiger partial charge < -0.3 is 9.84 Å². The summed E-state index contributed by atoms with van der Waals surface area (Å²) in [6.45, 7) is 2.30. The van der Waals surface area contributed by atoms with E-state index in [1.54, 1.807) is 6.07 Å². The molecule has 2 aromatic carbocycles. The van der Waals surface area contributed by atoms with Gasteiger partial charge in [0.05, 0.1) is 6.10 Å². The van der Waals surface area contributed by atoms with Gasteiger partial charge in [-0.1, -0.05) is 18.2 Å². The van der Waals surface area contributed by atoms with Crippen molar-refractivity contribution in [3.8, 4) is 5.75 Å². The number of hydrogen-bond acceptors (Lipinski definition) is 2. The number of aliphatic hydroxyl groups excluding tert-OH is 1. The molecule has 0 bridgehead atoms. The summed E-state index contributed by atoms with van der Waals surface area (Å²) in [5.74, 6) is 0.603. The van der Waals surface area contributed by atoms with E-state index in [1.165, 1.54) is 12.1 Å². The summed E-state index contributed by atoms with van der Waals surface area (Å²) in [6.07, 6.45) is 2.34. The molecular weight excluding hydrogens is 267 g/mol. The molecule has 2 nitrogen and oxygen atoms in total. The molecule has 0 fully saturated rings. The zero-order valence-electron chi connectivity index (χ0n) is 12.1. The highest BCUT2D eigenvalue weighted by Crippen LogP contribution is 2.35. The number of aryl methyl sites for hydroxylation is 1. The van der Waals surface area contributed by atoms with E-state index >= 15 is 0 Å². The van der Waals surface area contributed by atoms with Gasteiger partial charge in [-0.2, -0.15) is 0 Å². The van der Waals surface area contributed by atoms with Crippen molar-refractivity contribution in [1.29, 1.82) is 0 Å². The fourth-order valence-electron chi connectivity index (χ4n) is 2.90. The molecule has 1 aliphatic rings. The van der Waals surface area contributed by atoms with E-state index in [4.69, 9.17) is 4.74 Å². The zero-order chi connectivity index (χ0) is 14.8. The van der Waals surface area contributed by atoms with Crippen molar-refractivity contribution < 1.29 is 14.2 Å². The molecule has 0 saturated heterocycles. The summed E-state index contributed by atoms with van der Waals surface area (Å²) >= 11 is 0. The lowest BCUT2D eigenvalue weighted by Crippen LogP contribution is -2.11. The third kappa shape index (κ3) is 2.93. The highest BCUT2D eigenvalue weighted by Gasteiger charge is 2.20. The summed E-state index contributed by atoms with van der Waals surface area (Å²) in [4.78, 5) is 0. The Morgan fingerprint density at radius 3 is 2.95 bits per heavy atom. The largest absolute Gasteiger partial charge is 0.489 e. The standard InChI is InChI=1S/C18H19FO2/c1-12-10-14(19)9-8-13(12)11-21-18-7-3-4-15-16(18)5-2-6-17(15)20/h3-4,7-10,17,20H,2,5-6,11H2,1H3. The van der Waals surface area contributed by atoms with E-state index in [1.807, 2.05) is 25.1 Å². The van der Waals surface area contributed by atoms with Crippen LogP contribution in [0.3, 0.4) is 0 Å². The number of halogens is 1. The first kappa shape index (κ1) is 14.1. The minimum atomic E-state index is -0.384. The van der Waals surface area contributed by atoms with Crippen molar-refractivity contribution in [2.45, 2.75) is 38.9 Å². The highest BCUT2D eigenvalue weighted by atomic mass is 19.1. The minimum Gasteiger partial charge on any atom is -0.489 e. The van der Waals surface area contributed by atoms with E-state index in [0.717, 1.165) is 47.3 Å². The molecule has 1 atom stereocenters. The van der Waals surface area contributed by atoms with Crippen LogP contribution < -0.4 is 4.74 Å². The Morgan fingerprint density at radius 2 is 2.14 bits per heavy atom. The van der Waals surface area contributed by atoms with Crippen LogP contribution in [0.5, 0.6) is 5.75 Å². The highest BCUT2D eigenvalue weighted by molar-refractivity contribution is 5.43. The second kappa shape index (κ2) is 5.86. The van der Waals surface area contributed by atoms with Gasteiger partial charge in [0.15, 0.2) is 0 Å². The van der Waals surface area contributed by atoms with Gasteiger partial charge in [-0.3, -0.25) is 0 Å². The molecule has 110 valence electrons. The quantitative estimate of drug-likeness (QED) is 0.921. The van der Waals surface area contributed by atoms with Crippen LogP contribution in [-0.4, -0.2) is 5.11 Å². The normalized spacial score (nSPS) is 17.4. The zero-order valence-corrected chi connectivity index (χ0v) is 12.1. The van der Waals surface area contributed by atoms with Gasteiger partial charge in [-0.25, -0.2) is 4.39 Å². The second-order valence-corrected chi connectivity index (χ2v) is 5.59. The van der Waals surface area contributed by atoms with Gasteiger partial charge in [0.25, 0.3) is 0 Å². The fourth-order valence-corrected chi connectivity index (χ4v) is 2.90. The maximum absolute atomic E-state index is 13.1. The van der Waals surface area contributed by atoms with Crippen LogP contribution in [0.15, 0.2) is 36.4 Å². The van der Waals surface area contributed by atoms with Crippen LogP contribution >= 0.6 is 0 Å². The van der Waals surface area contributed by atoms with Crippen LogP contribution in [0.4, 0.5) is 4.39 Å². The molecule has 1 N–H and O–H groups in total. The first-order valence-electron chi connectivity index (χ1n) is 7.33. The molecule has 0 saturated carbocycles. The van der Waals surface area contributed by atoms with E-state index in [9.17, 15) is 9.50 Å². The van der Waals surface area contributed by atoms with Gasteiger partial charge in [-0.15, -0.1) is 0 Å². The minimum absolute atomic E-state index is 0.225. The lowest BCUT2D eigenvalue weighted by molar-refractivity contribution is 0.155. The molecule has 0 amide bonds. The van der Waals surface area contributed by atoms with E-state index in [-0.39, 0.29) is 11.9 Å². The number of ether oxygens (including phenoxy) is 1. The predicted molar refractivity (Wildman–Crippen MR) is 79.8 cm³/mol. The molecule has 0 aromatic heterocycles. The SMILES string of the molecule is Cc1cc(F)ccc1COc1cccc2c1CCCC2O. The Kier molecular flexibility index (Phi) is 3.93. The van der Waals surface area contributed by atoms with Gasteiger partial charge in [0.2, 0.25) is 0 Å². The molecular formula is C18H19FO2. The fraction of sp³-hybridized carbons (Fsp3) is 0.333. The average Bonchev–Trinajstić information content (AvgIpc) is 2.47. The van der Waals surface area contributed by atoms with Crippen LogP contribution in [0.1, 0.15) is 41.2 Å². The number of fused-ring (bicyclic) bond motifs is 1. The maximum Gasteiger partial charge on any atom is 0.123 e. The Hall–Kier alpha value is -1.87. The van der Waals surface area contributed by atoms with Crippen molar-refractivity contribution in [3.05, 3.63) is 64.5 Å². The van der Waals surface area contributed by atoms with E-state index < -0.39 is 0 Å². The van der Waals surface area contributed by atoms with Crippen molar-refractivity contribution in [1.82, 2.24) is 0 Å².